The van der Waals surface area contributed by atoms with Gasteiger partial charge in [0, 0.05) is 33.7 Å². The highest BCUT2D eigenvalue weighted by atomic mass is 35.5. The van der Waals surface area contributed by atoms with Crippen LogP contribution in [0.15, 0.2) is 36.4 Å². The quantitative estimate of drug-likeness (QED) is 0.704. The number of carbonyl (C=O) groups excluding carboxylic acids is 1. The standard InChI is InChI=1S/C18H19Cl2NOS/c1-12-6-7-13(2)14(10-12)18(22)21-8-9-23-11-15-16(19)4-3-5-17(15)20/h3-7,10H,8-9,11H2,1-2H3,(H,21,22). The summed E-state index contributed by atoms with van der Waals surface area (Å²) in [7, 11) is 0. The second-order valence-corrected chi connectivity index (χ2v) is 7.25. The van der Waals surface area contributed by atoms with Crippen molar-refractivity contribution in [2.45, 2.75) is 19.6 Å². The minimum Gasteiger partial charge on any atom is -0.351 e. The van der Waals surface area contributed by atoms with Gasteiger partial charge in [-0.15, -0.1) is 0 Å². The molecular formula is C18H19Cl2NOS. The Bertz CT molecular complexity index is 683. The van der Waals surface area contributed by atoms with E-state index in [-0.39, 0.29) is 5.91 Å². The molecule has 1 amide bonds. The molecule has 0 aliphatic carbocycles. The maximum Gasteiger partial charge on any atom is 0.251 e. The molecular weight excluding hydrogens is 349 g/mol. The van der Waals surface area contributed by atoms with E-state index in [2.05, 4.69) is 5.32 Å². The molecule has 23 heavy (non-hydrogen) atoms. The van der Waals surface area contributed by atoms with Crippen LogP contribution in [0.25, 0.3) is 0 Å². The van der Waals surface area contributed by atoms with Crippen LogP contribution in [0.5, 0.6) is 0 Å². The fraction of sp³-hybridized carbons (Fsp3) is 0.278. The van der Waals surface area contributed by atoms with E-state index >= 15 is 0 Å². The summed E-state index contributed by atoms with van der Waals surface area (Å²) in [4.78, 5) is 12.2. The van der Waals surface area contributed by atoms with Gasteiger partial charge in [0.05, 0.1) is 0 Å². The van der Waals surface area contributed by atoms with Gasteiger partial charge in [0.2, 0.25) is 0 Å². The van der Waals surface area contributed by atoms with Gasteiger partial charge in [-0.05, 0) is 43.2 Å². The third kappa shape index (κ3) is 5.17. The summed E-state index contributed by atoms with van der Waals surface area (Å²) in [6.07, 6.45) is 0. The minimum absolute atomic E-state index is 0.0254. The number of halogens is 2. The summed E-state index contributed by atoms with van der Waals surface area (Å²) >= 11 is 14.0. The van der Waals surface area contributed by atoms with Crippen molar-refractivity contribution in [3.05, 3.63) is 68.7 Å². The first-order chi connectivity index (χ1) is 11.0. The predicted molar refractivity (Wildman–Crippen MR) is 101 cm³/mol. The summed E-state index contributed by atoms with van der Waals surface area (Å²) in [6, 6.07) is 11.4. The Labute approximate surface area is 151 Å². The molecule has 2 nitrogen and oxygen atoms in total. The molecule has 5 heteroatoms. The first kappa shape index (κ1) is 18.2. The number of hydrogen-bond acceptors (Lipinski definition) is 2. The predicted octanol–water partition coefficient (Wildman–Crippen LogP) is 5.27. The summed E-state index contributed by atoms with van der Waals surface area (Å²) < 4.78 is 0. The van der Waals surface area contributed by atoms with Crippen molar-refractivity contribution in [1.29, 1.82) is 0 Å². The number of rotatable bonds is 6. The van der Waals surface area contributed by atoms with Gasteiger partial charge in [0.1, 0.15) is 0 Å². The summed E-state index contributed by atoms with van der Waals surface area (Å²) in [6.45, 7) is 4.54. The number of nitrogens with one attached hydrogen (secondary N) is 1. The Morgan fingerprint density at radius 2 is 1.83 bits per heavy atom. The normalized spacial score (nSPS) is 10.6. The molecule has 0 atom stereocenters. The fourth-order valence-corrected chi connectivity index (χ4v) is 3.75. The van der Waals surface area contributed by atoms with E-state index in [0.29, 0.717) is 16.6 Å². The van der Waals surface area contributed by atoms with E-state index < -0.39 is 0 Å². The van der Waals surface area contributed by atoms with Crippen molar-refractivity contribution < 1.29 is 4.79 Å². The number of hydrogen-bond donors (Lipinski definition) is 1. The maximum atomic E-state index is 12.2. The van der Waals surface area contributed by atoms with E-state index in [1.165, 1.54) is 0 Å². The molecule has 0 aromatic heterocycles. The van der Waals surface area contributed by atoms with Crippen LogP contribution in [0.4, 0.5) is 0 Å². The van der Waals surface area contributed by atoms with Crippen LogP contribution in [-0.2, 0) is 5.75 Å². The molecule has 0 saturated carbocycles. The number of benzene rings is 2. The number of thioether (sulfide) groups is 1. The van der Waals surface area contributed by atoms with E-state index in [0.717, 1.165) is 33.8 Å². The molecule has 2 rings (SSSR count). The third-order valence-corrected chi connectivity index (χ3v) is 5.17. The van der Waals surface area contributed by atoms with Crippen LogP contribution < -0.4 is 5.32 Å². The molecule has 0 radical (unpaired) electrons. The summed E-state index contributed by atoms with van der Waals surface area (Å²) in [5.74, 6) is 1.51. The molecule has 2 aromatic carbocycles. The highest BCUT2D eigenvalue weighted by Gasteiger charge is 2.09. The molecule has 0 bridgehead atoms. The molecule has 0 aliphatic heterocycles. The van der Waals surface area contributed by atoms with Crippen LogP contribution in [0.3, 0.4) is 0 Å². The van der Waals surface area contributed by atoms with Crippen LogP contribution >= 0.6 is 35.0 Å². The van der Waals surface area contributed by atoms with Gasteiger partial charge in [-0.3, -0.25) is 4.79 Å². The number of amides is 1. The molecule has 0 aliphatic rings. The van der Waals surface area contributed by atoms with Crippen molar-refractivity contribution >= 4 is 40.9 Å². The SMILES string of the molecule is Cc1ccc(C)c(C(=O)NCCSCc2c(Cl)cccc2Cl)c1. The highest BCUT2D eigenvalue weighted by molar-refractivity contribution is 7.98. The lowest BCUT2D eigenvalue weighted by atomic mass is 10.1. The average Bonchev–Trinajstić information content (AvgIpc) is 2.51. The molecule has 122 valence electrons. The Kier molecular flexibility index (Phi) is 6.82. The smallest absolute Gasteiger partial charge is 0.251 e. The molecule has 0 spiro atoms. The molecule has 1 N–H and O–H groups in total. The second-order valence-electron chi connectivity index (χ2n) is 5.33. The van der Waals surface area contributed by atoms with Gasteiger partial charge >= 0.3 is 0 Å². The van der Waals surface area contributed by atoms with Gasteiger partial charge in [0.15, 0.2) is 0 Å². The Morgan fingerprint density at radius 3 is 2.52 bits per heavy atom. The van der Waals surface area contributed by atoms with E-state index in [4.69, 9.17) is 23.2 Å². The van der Waals surface area contributed by atoms with Crippen molar-refractivity contribution in [3.8, 4) is 0 Å². The largest absolute Gasteiger partial charge is 0.351 e. The van der Waals surface area contributed by atoms with Crippen LogP contribution in [-0.4, -0.2) is 18.2 Å². The highest BCUT2D eigenvalue weighted by Crippen LogP contribution is 2.27. The van der Waals surface area contributed by atoms with Gasteiger partial charge in [-0.25, -0.2) is 0 Å². The number of carbonyl (C=O) groups is 1. The van der Waals surface area contributed by atoms with E-state index in [1.807, 2.05) is 50.2 Å². The van der Waals surface area contributed by atoms with E-state index in [1.54, 1.807) is 11.8 Å². The van der Waals surface area contributed by atoms with Gasteiger partial charge < -0.3 is 5.32 Å². The molecule has 0 fully saturated rings. The topological polar surface area (TPSA) is 29.1 Å². The maximum absolute atomic E-state index is 12.2. The van der Waals surface area contributed by atoms with Crippen molar-refractivity contribution in [2.75, 3.05) is 12.3 Å². The molecule has 0 heterocycles. The van der Waals surface area contributed by atoms with Crippen LogP contribution in [0.2, 0.25) is 10.0 Å². The molecule has 0 saturated heterocycles. The zero-order valence-electron chi connectivity index (χ0n) is 13.2. The van der Waals surface area contributed by atoms with Gasteiger partial charge in [-0.1, -0.05) is 47.0 Å². The van der Waals surface area contributed by atoms with Crippen LogP contribution in [0, 0.1) is 13.8 Å². The summed E-state index contributed by atoms with van der Waals surface area (Å²) in [5, 5.41) is 4.33. The van der Waals surface area contributed by atoms with Crippen molar-refractivity contribution in [1.82, 2.24) is 5.32 Å². The molecule has 0 unspecified atom stereocenters. The Hall–Kier alpha value is -1.16. The zero-order chi connectivity index (χ0) is 16.8. The lowest BCUT2D eigenvalue weighted by molar-refractivity contribution is 0.0955. The van der Waals surface area contributed by atoms with Crippen molar-refractivity contribution in [2.24, 2.45) is 0 Å². The van der Waals surface area contributed by atoms with E-state index in [9.17, 15) is 4.79 Å². The van der Waals surface area contributed by atoms with Crippen LogP contribution in [0.1, 0.15) is 27.0 Å². The van der Waals surface area contributed by atoms with Gasteiger partial charge in [-0.2, -0.15) is 11.8 Å². The lowest BCUT2D eigenvalue weighted by Crippen LogP contribution is -2.26. The third-order valence-electron chi connectivity index (χ3n) is 3.48. The summed E-state index contributed by atoms with van der Waals surface area (Å²) in [5.41, 5.74) is 3.76. The minimum atomic E-state index is -0.0254. The first-order valence-corrected chi connectivity index (χ1v) is 9.26. The fourth-order valence-electron chi connectivity index (χ4n) is 2.16. The Morgan fingerprint density at radius 1 is 1.13 bits per heavy atom. The number of aryl methyl sites for hydroxylation is 2. The second kappa shape index (κ2) is 8.62. The average molecular weight is 368 g/mol. The Balaban J connectivity index is 1.79. The first-order valence-electron chi connectivity index (χ1n) is 7.35. The van der Waals surface area contributed by atoms with Gasteiger partial charge in [0.25, 0.3) is 5.91 Å². The van der Waals surface area contributed by atoms with Crippen molar-refractivity contribution in [3.63, 3.8) is 0 Å². The monoisotopic (exact) mass is 367 g/mol. The zero-order valence-corrected chi connectivity index (χ0v) is 15.5. The molecule has 2 aromatic rings. The lowest BCUT2D eigenvalue weighted by Gasteiger charge is -2.09.